The molecule has 0 aliphatic carbocycles. The van der Waals surface area contributed by atoms with E-state index in [1.54, 1.807) is 36.0 Å². The van der Waals surface area contributed by atoms with Crippen LogP contribution in [0.15, 0.2) is 48.5 Å². The Morgan fingerprint density at radius 2 is 1.97 bits per heavy atom. The highest BCUT2D eigenvalue weighted by Crippen LogP contribution is 2.23. The predicted molar refractivity (Wildman–Crippen MR) is 125 cm³/mol. The minimum atomic E-state index is -3.46. The van der Waals surface area contributed by atoms with Crippen LogP contribution >= 0.6 is 23.4 Å². The Labute approximate surface area is 188 Å². The van der Waals surface area contributed by atoms with Gasteiger partial charge in [-0.25, -0.2) is 8.42 Å². The van der Waals surface area contributed by atoms with Crippen molar-refractivity contribution in [2.75, 3.05) is 36.5 Å². The van der Waals surface area contributed by atoms with Gasteiger partial charge in [-0.3, -0.25) is 9.10 Å². The van der Waals surface area contributed by atoms with E-state index in [0.29, 0.717) is 24.4 Å². The number of amides is 1. The van der Waals surface area contributed by atoms with E-state index in [4.69, 9.17) is 16.3 Å². The zero-order chi connectivity index (χ0) is 22.0. The number of sulfonamides is 1. The second kappa shape index (κ2) is 12.1. The van der Waals surface area contributed by atoms with E-state index >= 15 is 0 Å². The third kappa shape index (κ3) is 8.45. The van der Waals surface area contributed by atoms with E-state index in [1.807, 2.05) is 24.3 Å². The van der Waals surface area contributed by atoms with Crippen LogP contribution in [0, 0.1) is 0 Å². The molecule has 6 nitrogen and oxygen atoms in total. The first kappa shape index (κ1) is 24.4. The van der Waals surface area contributed by atoms with Gasteiger partial charge in [-0.05, 0) is 36.2 Å². The van der Waals surface area contributed by atoms with E-state index in [-0.39, 0.29) is 18.9 Å². The lowest BCUT2D eigenvalue weighted by Gasteiger charge is -2.22. The van der Waals surface area contributed by atoms with Crippen molar-refractivity contribution in [2.45, 2.75) is 18.6 Å². The smallest absolute Gasteiger partial charge is 0.232 e. The molecule has 164 valence electrons. The molecule has 30 heavy (non-hydrogen) atoms. The standard InChI is InChI=1S/C21H27ClN2O4S2/c1-28-20-9-4-8-19(15-20)24(30(2,26)27)12-5-10-21(25)23-11-13-29-16-17-6-3-7-18(22)14-17/h3-4,6-9,14-15H,5,10-13,16H2,1-2H3,(H,23,25). The van der Waals surface area contributed by atoms with Crippen LogP contribution in [0.1, 0.15) is 18.4 Å². The second-order valence-corrected chi connectivity index (χ2v) is 10.1. The number of methoxy groups -OCH3 is 1. The molecule has 0 bridgehead atoms. The summed E-state index contributed by atoms with van der Waals surface area (Å²) in [4.78, 5) is 12.1. The van der Waals surface area contributed by atoms with Gasteiger partial charge in [0.25, 0.3) is 0 Å². The summed E-state index contributed by atoms with van der Waals surface area (Å²) in [5, 5.41) is 3.60. The molecule has 2 aromatic carbocycles. The lowest BCUT2D eigenvalue weighted by Crippen LogP contribution is -2.32. The molecule has 0 aliphatic heterocycles. The number of benzene rings is 2. The molecule has 2 aromatic rings. The Balaban J connectivity index is 1.72. The van der Waals surface area contributed by atoms with Crippen LogP contribution in [-0.4, -0.2) is 46.5 Å². The number of carbonyl (C=O) groups is 1. The largest absolute Gasteiger partial charge is 0.497 e. The lowest BCUT2D eigenvalue weighted by molar-refractivity contribution is -0.121. The Kier molecular flexibility index (Phi) is 9.81. The van der Waals surface area contributed by atoms with E-state index in [0.717, 1.165) is 28.3 Å². The molecular weight excluding hydrogens is 444 g/mol. The molecule has 0 atom stereocenters. The molecule has 0 aromatic heterocycles. The molecule has 0 unspecified atom stereocenters. The third-order valence-electron chi connectivity index (χ3n) is 4.23. The first-order valence-electron chi connectivity index (χ1n) is 9.50. The predicted octanol–water partition coefficient (Wildman–Crippen LogP) is 3.94. The normalized spacial score (nSPS) is 11.2. The molecule has 0 aliphatic rings. The molecule has 9 heteroatoms. The van der Waals surface area contributed by atoms with Gasteiger partial charge < -0.3 is 10.1 Å². The monoisotopic (exact) mass is 470 g/mol. The molecule has 1 N–H and O–H groups in total. The number of thioether (sulfide) groups is 1. The summed E-state index contributed by atoms with van der Waals surface area (Å²) in [6.45, 7) is 0.790. The number of nitrogens with one attached hydrogen (secondary N) is 1. The van der Waals surface area contributed by atoms with Crippen LogP contribution in [0.25, 0.3) is 0 Å². The quantitative estimate of drug-likeness (QED) is 0.475. The average molecular weight is 471 g/mol. The van der Waals surface area contributed by atoms with Crippen molar-refractivity contribution in [3.8, 4) is 5.75 Å². The van der Waals surface area contributed by atoms with Gasteiger partial charge in [-0.2, -0.15) is 11.8 Å². The van der Waals surface area contributed by atoms with Gasteiger partial charge in [0.15, 0.2) is 0 Å². The maximum Gasteiger partial charge on any atom is 0.232 e. The lowest BCUT2D eigenvalue weighted by atomic mass is 10.2. The van der Waals surface area contributed by atoms with Gasteiger partial charge in [-0.15, -0.1) is 0 Å². The van der Waals surface area contributed by atoms with Gasteiger partial charge in [-0.1, -0.05) is 29.8 Å². The highest BCUT2D eigenvalue weighted by Gasteiger charge is 2.18. The number of anilines is 1. The van der Waals surface area contributed by atoms with Crippen molar-refractivity contribution in [3.63, 3.8) is 0 Å². The maximum absolute atomic E-state index is 12.2. The second-order valence-electron chi connectivity index (χ2n) is 6.67. The molecule has 0 heterocycles. The first-order valence-corrected chi connectivity index (χ1v) is 12.9. The van der Waals surface area contributed by atoms with E-state index < -0.39 is 10.0 Å². The van der Waals surface area contributed by atoms with Gasteiger partial charge in [0.2, 0.25) is 15.9 Å². The van der Waals surface area contributed by atoms with Gasteiger partial charge in [0.1, 0.15) is 5.75 Å². The highest BCUT2D eigenvalue weighted by atomic mass is 35.5. The third-order valence-corrected chi connectivity index (χ3v) is 6.69. The van der Waals surface area contributed by atoms with Crippen LogP contribution in [0.3, 0.4) is 0 Å². The molecule has 1 amide bonds. The minimum Gasteiger partial charge on any atom is -0.497 e. The molecule has 0 radical (unpaired) electrons. The Bertz CT molecular complexity index is 938. The number of carbonyl (C=O) groups excluding carboxylic acids is 1. The van der Waals surface area contributed by atoms with Crippen molar-refractivity contribution in [3.05, 3.63) is 59.1 Å². The van der Waals surface area contributed by atoms with Crippen molar-refractivity contribution >= 4 is 45.0 Å². The summed E-state index contributed by atoms with van der Waals surface area (Å²) in [6.07, 6.45) is 1.84. The number of rotatable bonds is 12. The Hall–Kier alpha value is -1.90. The van der Waals surface area contributed by atoms with Crippen LogP contribution in [-0.2, 0) is 20.6 Å². The van der Waals surface area contributed by atoms with Crippen LogP contribution in [0.4, 0.5) is 5.69 Å². The van der Waals surface area contributed by atoms with Crippen molar-refractivity contribution in [1.29, 1.82) is 0 Å². The SMILES string of the molecule is COc1cccc(N(CCCC(=O)NCCSCc2cccc(Cl)c2)S(C)(=O)=O)c1. The fraction of sp³-hybridized carbons (Fsp3) is 0.381. The van der Waals surface area contributed by atoms with Crippen molar-refractivity contribution in [2.24, 2.45) is 0 Å². The average Bonchev–Trinajstić information content (AvgIpc) is 2.70. The van der Waals surface area contributed by atoms with Crippen LogP contribution in [0.5, 0.6) is 5.75 Å². The molecule has 0 saturated carbocycles. The number of nitrogens with zero attached hydrogens (tertiary/aromatic N) is 1. The Morgan fingerprint density at radius 3 is 2.67 bits per heavy atom. The summed E-state index contributed by atoms with van der Waals surface area (Å²) in [5.41, 5.74) is 1.67. The summed E-state index contributed by atoms with van der Waals surface area (Å²) in [5.74, 6) is 2.12. The summed E-state index contributed by atoms with van der Waals surface area (Å²) >= 11 is 7.68. The fourth-order valence-corrected chi connectivity index (χ4v) is 4.78. The van der Waals surface area contributed by atoms with E-state index in [1.165, 1.54) is 11.4 Å². The fourth-order valence-electron chi connectivity index (χ4n) is 2.80. The number of halogens is 1. The number of hydrogen-bond donors (Lipinski definition) is 1. The zero-order valence-electron chi connectivity index (χ0n) is 17.1. The molecule has 0 spiro atoms. The van der Waals surface area contributed by atoms with E-state index in [9.17, 15) is 13.2 Å². The summed E-state index contributed by atoms with van der Waals surface area (Å²) in [7, 11) is -1.93. The highest BCUT2D eigenvalue weighted by molar-refractivity contribution is 7.98. The van der Waals surface area contributed by atoms with Crippen LogP contribution < -0.4 is 14.4 Å². The van der Waals surface area contributed by atoms with Gasteiger partial charge in [0, 0.05) is 42.1 Å². The molecule has 0 saturated heterocycles. The van der Waals surface area contributed by atoms with E-state index in [2.05, 4.69) is 5.32 Å². The van der Waals surface area contributed by atoms with Crippen LogP contribution in [0.2, 0.25) is 5.02 Å². The summed E-state index contributed by atoms with van der Waals surface area (Å²) < 4.78 is 30.8. The van der Waals surface area contributed by atoms with Crippen molar-refractivity contribution < 1.29 is 17.9 Å². The molecular formula is C21H27ClN2O4S2. The number of hydrogen-bond acceptors (Lipinski definition) is 5. The van der Waals surface area contributed by atoms with Gasteiger partial charge in [0.05, 0.1) is 19.1 Å². The maximum atomic E-state index is 12.2. The molecule has 0 fully saturated rings. The number of ether oxygens (including phenoxy) is 1. The topological polar surface area (TPSA) is 75.7 Å². The first-order chi connectivity index (χ1) is 14.3. The Morgan fingerprint density at radius 1 is 1.20 bits per heavy atom. The zero-order valence-corrected chi connectivity index (χ0v) is 19.5. The van der Waals surface area contributed by atoms with Gasteiger partial charge >= 0.3 is 0 Å². The minimum absolute atomic E-state index is 0.0857. The summed E-state index contributed by atoms with van der Waals surface area (Å²) in [6, 6.07) is 14.6. The molecule has 2 rings (SSSR count). The van der Waals surface area contributed by atoms with Crippen molar-refractivity contribution in [1.82, 2.24) is 5.32 Å².